The highest BCUT2D eigenvalue weighted by atomic mass is 19.4. The summed E-state index contributed by atoms with van der Waals surface area (Å²) in [7, 11) is 0. The lowest BCUT2D eigenvalue weighted by atomic mass is 10.2. The van der Waals surface area contributed by atoms with E-state index < -0.39 is 42.1 Å². The number of halogens is 4. The van der Waals surface area contributed by atoms with Gasteiger partial charge in [-0.2, -0.15) is 18.2 Å². The number of aromatic amines is 1. The number of carbonyl (C=O) groups excluding carboxylic acids is 2. The second-order valence-corrected chi connectivity index (χ2v) is 4.25. The zero-order valence-electron chi connectivity index (χ0n) is 11.2. The highest BCUT2D eigenvalue weighted by Crippen LogP contribution is 2.26. The van der Waals surface area contributed by atoms with Gasteiger partial charge in [-0.05, 0) is 18.2 Å². The van der Waals surface area contributed by atoms with Crippen molar-refractivity contribution in [3.05, 3.63) is 41.5 Å². The van der Waals surface area contributed by atoms with E-state index in [-0.39, 0.29) is 5.56 Å². The summed E-state index contributed by atoms with van der Waals surface area (Å²) in [5.74, 6) is -4.13. The first-order valence-corrected chi connectivity index (χ1v) is 6.09. The first kappa shape index (κ1) is 16.4. The number of benzene rings is 1. The first-order chi connectivity index (χ1) is 10.8. The second kappa shape index (κ2) is 6.42. The van der Waals surface area contributed by atoms with Gasteiger partial charge in [0, 0.05) is 5.56 Å². The molecule has 1 aromatic carbocycles. The number of amides is 2. The van der Waals surface area contributed by atoms with Gasteiger partial charge in [0.05, 0.1) is 6.54 Å². The standard InChI is InChI=1S/C12H9F4N5O2/c13-7-3-1-2-6(4-7)9(23)17-5-8(22)18-11-19-10(20-21-11)12(14,15)16/h1-4H,5H2,(H,17,23)(H2,18,19,20,21,22). The summed E-state index contributed by atoms with van der Waals surface area (Å²) >= 11 is 0. The summed E-state index contributed by atoms with van der Waals surface area (Å²) in [5, 5.41) is 8.94. The molecule has 7 nitrogen and oxygen atoms in total. The molecule has 0 bridgehead atoms. The van der Waals surface area contributed by atoms with Crippen molar-refractivity contribution < 1.29 is 27.2 Å². The average Bonchev–Trinajstić information content (AvgIpc) is 2.93. The summed E-state index contributed by atoms with van der Waals surface area (Å²) in [5.41, 5.74) is -0.00458. The molecular weight excluding hydrogens is 322 g/mol. The summed E-state index contributed by atoms with van der Waals surface area (Å²) in [6.07, 6.45) is -4.72. The maximum absolute atomic E-state index is 12.9. The molecule has 2 rings (SSSR count). The lowest BCUT2D eigenvalue weighted by molar-refractivity contribution is -0.144. The SMILES string of the molecule is O=C(CNC(=O)c1cccc(F)c1)Nc1n[nH]c(C(F)(F)F)n1. The molecular formula is C12H9F4N5O2. The van der Waals surface area contributed by atoms with Gasteiger partial charge in [-0.3, -0.25) is 20.0 Å². The van der Waals surface area contributed by atoms with Gasteiger partial charge in [-0.15, -0.1) is 5.10 Å². The number of anilines is 1. The van der Waals surface area contributed by atoms with Crippen LogP contribution in [0.4, 0.5) is 23.5 Å². The Morgan fingerprint density at radius 1 is 1.26 bits per heavy atom. The number of H-pyrrole nitrogens is 1. The third-order valence-electron chi connectivity index (χ3n) is 2.50. The molecule has 0 fully saturated rings. The fraction of sp³-hybridized carbons (Fsp3) is 0.167. The van der Waals surface area contributed by atoms with Gasteiger partial charge < -0.3 is 5.32 Å². The Labute approximate surface area is 126 Å². The van der Waals surface area contributed by atoms with Gasteiger partial charge in [-0.1, -0.05) is 6.07 Å². The second-order valence-electron chi connectivity index (χ2n) is 4.25. The van der Waals surface area contributed by atoms with Crippen molar-refractivity contribution in [3.63, 3.8) is 0 Å². The van der Waals surface area contributed by atoms with Crippen LogP contribution in [0.25, 0.3) is 0 Å². The zero-order chi connectivity index (χ0) is 17.0. The van der Waals surface area contributed by atoms with Crippen LogP contribution in [-0.2, 0) is 11.0 Å². The van der Waals surface area contributed by atoms with Gasteiger partial charge in [0.2, 0.25) is 17.7 Å². The maximum atomic E-state index is 12.9. The smallest absolute Gasteiger partial charge is 0.343 e. The number of nitrogens with zero attached hydrogens (tertiary/aromatic N) is 2. The minimum atomic E-state index is -4.72. The number of carbonyl (C=O) groups is 2. The molecule has 3 N–H and O–H groups in total. The summed E-state index contributed by atoms with van der Waals surface area (Å²) in [4.78, 5) is 26.2. The minimum Gasteiger partial charge on any atom is -0.343 e. The van der Waals surface area contributed by atoms with E-state index in [0.717, 1.165) is 12.1 Å². The molecule has 0 aliphatic heterocycles. The van der Waals surface area contributed by atoms with Crippen LogP contribution in [0, 0.1) is 5.82 Å². The Kier molecular flexibility index (Phi) is 4.57. The molecule has 23 heavy (non-hydrogen) atoms. The van der Waals surface area contributed by atoms with E-state index in [1.165, 1.54) is 12.1 Å². The van der Waals surface area contributed by atoms with Gasteiger partial charge in [0.15, 0.2) is 0 Å². The molecule has 1 aromatic heterocycles. The minimum absolute atomic E-state index is 0.00458. The molecule has 0 spiro atoms. The quantitative estimate of drug-likeness (QED) is 0.736. The largest absolute Gasteiger partial charge is 0.451 e. The van der Waals surface area contributed by atoms with E-state index in [4.69, 9.17) is 0 Å². The number of hydrogen-bond acceptors (Lipinski definition) is 4. The highest BCUT2D eigenvalue weighted by molar-refractivity contribution is 5.98. The van der Waals surface area contributed by atoms with Crippen molar-refractivity contribution in [1.29, 1.82) is 0 Å². The van der Waals surface area contributed by atoms with Crippen LogP contribution >= 0.6 is 0 Å². The Morgan fingerprint density at radius 2 is 2.00 bits per heavy atom. The monoisotopic (exact) mass is 331 g/mol. The van der Waals surface area contributed by atoms with E-state index in [1.54, 1.807) is 5.10 Å². The number of alkyl halides is 3. The first-order valence-electron chi connectivity index (χ1n) is 6.09. The topological polar surface area (TPSA) is 99.8 Å². The Morgan fingerprint density at radius 3 is 2.61 bits per heavy atom. The van der Waals surface area contributed by atoms with Crippen LogP contribution < -0.4 is 10.6 Å². The molecule has 2 amide bonds. The van der Waals surface area contributed by atoms with Crippen molar-refractivity contribution in [2.45, 2.75) is 6.18 Å². The molecule has 0 saturated carbocycles. The molecule has 2 aromatic rings. The average molecular weight is 331 g/mol. The summed E-state index contributed by atoms with van der Waals surface area (Å²) in [6.45, 7) is -0.550. The van der Waals surface area contributed by atoms with Crippen LogP contribution in [-0.4, -0.2) is 33.5 Å². The normalized spacial score (nSPS) is 11.1. The number of rotatable bonds is 4. The van der Waals surface area contributed by atoms with E-state index in [2.05, 4.69) is 15.4 Å². The Hall–Kier alpha value is -2.98. The molecule has 0 aliphatic rings. The van der Waals surface area contributed by atoms with Crippen molar-refractivity contribution in [1.82, 2.24) is 20.5 Å². The molecule has 1 heterocycles. The van der Waals surface area contributed by atoms with E-state index >= 15 is 0 Å². The van der Waals surface area contributed by atoms with Crippen molar-refractivity contribution in [2.75, 3.05) is 11.9 Å². The van der Waals surface area contributed by atoms with Gasteiger partial charge in [0.1, 0.15) is 5.82 Å². The summed E-state index contributed by atoms with van der Waals surface area (Å²) < 4.78 is 49.8. The lowest BCUT2D eigenvalue weighted by Gasteiger charge is -2.05. The van der Waals surface area contributed by atoms with Crippen LogP contribution in [0.2, 0.25) is 0 Å². The van der Waals surface area contributed by atoms with E-state index in [1.807, 2.05) is 5.32 Å². The predicted octanol–water partition coefficient (Wildman–Crippen LogP) is 1.33. The molecule has 0 atom stereocenters. The van der Waals surface area contributed by atoms with E-state index in [9.17, 15) is 27.2 Å². The Bertz CT molecular complexity index is 728. The Balaban J connectivity index is 1.88. The van der Waals surface area contributed by atoms with Gasteiger partial charge >= 0.3 is 6.18 Å². The molecule has 122 valence electrons. The van der Waals surface area contributed by atoms with Gasteiger partial charge in [-0.25, -0.2) is 4.39 Å². The fourth-order valence-electron chi connectivity index (χ4n) is 1.51. The van der Waals surface area contributed by atoms with Crippen LogP contribution in [0.1, 0.15) is 16.2 Å². The van der Waals surface area contributed by atoms with Crippen LogP contribution in [0.5, 0.6) is 0 Å². The van der Waals surface area contributed by atoms with E-state index in [0.29, 0.717) is 0 Å². The molecule has 11 heteroatoms. The highest BCUT2D eigenvalue weighted by Gasteiger charge is 2.35. The molecule has 0 saturated heterocycles. The molecule has 0 unspecified atom stereocenters. The molecule has 0 aliphatic carbocycles. The van der Waals surface area contributed by atoms with Crippen molar-refractivity contribution >= 4 is 17.8 Å². The van der Waals surface area contributed by atoms with Crippen LogP contribution in [0.3, 0.4) is 0 Å². The lowest BCUT2D eigenvalue weighted by Crippen LogP contribution is -2.33. The third-order valence-corrected chi connectivity index (χ3v) is 2.50. The summed E-state index contributed by atoms with van der Waals surface area (Å²) in [6, 6.07) is 4.76. The predicted molar refractivity (Wildman–Crippen MR) is 68.7 cm³/mol. The maximum Gasteiger partial charge on any atom is 0.451 e. The van der Waals surface area contributed by atoms with Gasteiger partial charge in [0.25, 0.3) is 5.91 Å². The van der Waals surface area contributed by atoms with Crippen LogP contribution in [0.15, 0.2) is 24.3 Å². The number of nitrogens with one attached hydrogen (secondary N) is 3. The fourth-order valence-corrected chi connectivity index (χ4v) is 1.51. The zero-order valence-corrected chi connectivity index (χ0v) is 11.2. The van der Waals surface area contributed by atoms with Crippen molar-refractivity contribution in [2.24, 2.45) is 0 Å². The van der Waals surface area contributed by atoms with Crippen molar-refractivity contribution in [3.8, 4) is 0 Å². The number of aromatic nitrogens is 3. The number of hydrogen-bond donors (Lipinski definition) is 3. The third kappa shape index (κ3) is 4.49. The molecule has 0 radical (unpaired) electrons.